The van der Waals surface area contributed by atoms with Crippen LogP contribution in [0.3, 0.4) is 0 Å². The zero-order valence-electron chi connectivity index (χ0n) is 11.4. The van der Waals surface area contributed by atoms with E-state index in [1.165, 1.54) is 0 Å². The number of rotatable bonds is 5. The summed E-state index contributed by atoms with van der Waals surface area (Å²) in [6.07, 6.45) is 3.13. The van der Waals surface area contributed by atoms with Gasteiger partial charge in [0.15, 0.2) is 0 Å². The van der Waals surface area contributed by atoms with Crippen LogP contribution in [0.5, 0.6) is 0 Å². The van der Waals surface area contributed by atoms with Crippen LogP contribution in [0, 0.1) is 0 Å². The quantitative estimate of drug-likeness (QED) is 0.577. The number of urea groups is 1. The Labute approximate surface area is 112 Å². The Bertz CT molecular complexity index is 314. The predicted octanol–water partition coefficient (Wildman–Crippen LogP) is 0.299. The molecule has 4 N–H and O–H groups in total. The minimum atomic E-state index is -1.15. The highest BCUT2D eigenvalue weighted by Gasteiger charge is 2.27. The molecular weight excluding hydrogens is 250 g/mol. The molecule has 1 rings (SSSR count). The van der Waals surface area contributed by atoms with E-state index in [0.717, 1.165) is 19.3 Å². The van der Waals surface area contributed by atoms with Gasteiger partial charge in [0.25, 0.3) is 0 Å². The predicted molar refractivity (Wildman–Crippen MR) is 69.4 cm³/mol. The average molecular weight is 273 g/mol. The first kappa shape index (κ1) is 15.7. The van der Waals surface area contributed by atoms with Crippen LogP contribution in [-0.4, -0.2) is 52.0 Å². The van der Waals surface area contributed by atoms with Crippen LogP contribution in [-0.2, 0) is 4.79 Å². The molecule has 1 saturated heterocycles. The van der Waals surface area contributed by atoms with Crippen LogP contribution in [0.25, 0.3) is 0 Å². The number of aliphatic hydroxyl groups excluding tert-OH is 1. The van der Waals surface area contributed by atoms with Crippen molar-refractivity contribution >= 4 is 12.0 Å². The number of carbonyl (C=O) groups excluding carboxylic acids is 1. The average Bonchev–Trinajstić information content (AvgIpc) is 2.33. The number of piperidine rings is 1. The van der Waals surface area contributed by atoms with Gasteiger partial charge in [-0.3, -0.25) is 5.43 Å². The molecule has 1 aliphatic heterocycles. The molecule has 19 heavy (non-hydrogen) atoms. The number of hydrogen-bond donors (Lipinski definition) is 4. The van der Waals surface area contributed by atoms with Gasteiger partial charge in [-0.15, -0.1) is 0 Å². The van der Waals surface area contributed by atoms with Crippen LogP contribution in [0.2, 0.25) is 0 Å². The fraction of sp³-hybridized carbons (Fsp3) is 0.833. The molecule has 2 amide bonds. The minimum absolute atomic E-state index is 0.00609. The highest BCUT2D eigenvalue weighted by molar-refractivity contribution is 5.82. The van der Waals surface area contributed by atoms with E-state index in [-0.39, 0.29) is 25.1 Å². The van der Waals surface area contributed by atoms with Crippen molar-refractivity contribution in [3.63, 3.8) is 0 Å². The number of nitrogens with zero attached hydrogens (tertiary/aromatic N) is 1. The number of nitrogens with one attached hydrogen (secondary N) is 2. The number of carboxylic acid groups (broad SMARTS) is 1. The Morgan fingerprint density at radius 1 is 1.32 bits per heavy atom. The van der Waals surface area contributed by atoms with Crippen molar-refractivity contribution in [3.8, 4) is 0 Å². The third-order valence-corrected chi connectivity index (χ3v) is 3.45. The van der Waals surface area contributed by atoms with Crippen LogP contribution >= 0.6 is 0 Å². The molecule has 0 aromatic heterocycles. The smallest absolute Gasteiger partial charge is 0.330 e. The standard InChI is InChI=1S/C12H23N3O4/c1-8-4-3-5-9(2)15(8)14-12(19)13-10(6-7-16)11(17)18/h8-10,16H,3-7H2,1-2H3,(H,17,18)(H2,13,14,19). The first-order chi connectivity index (χ1) is 8.95. The lowest BCUT2D eigenvalue weighted by Gasteiger charge is -2.38. The van der Waals surface area contributed by atoms with Crippen molar-refractivity contribution < 1.29 is 19.8 Å². The summed E-state index contributed by atoms with van der Waals surface area (Å²) in [5, 5.41) is 21.9. The molecule has 0 aromatic carbocycles. The second-order valence-corrected chi connectivity index (χ2v) is 5.02. The lowest BCUT2D eigenvalue weighted by molar-refractivity contribution is -0.139. The summed E-state index contributed by atoms with van der Waals surface area (Å²) in [7, 11) is 0. The maximum absolute atomic E-state index is 11.8. The first-order valence-electron chi connectivity index (χ1n) is 6.64. The van der Waals surface area contributed by atoms with Crippen LogP contribution in [0.1, 0.15) is 39.5 Å². The van der Waals surface area contributed by atoms with Crippen molar-refractivity contribution in [2.24, 2.45) is 0 Å². The van der Waals surface area contributed by atoms with E-state index in [1.807, 2.05) is 18.9 Å². The van der Waals surface area contributed by atoms with Gasteiger partial charge in [0.2, 0.25) is 0 Å². The molecule has 0 saturated carbocycles. The van der Waals surface area contributed by atoms with Crippen molar-refractivity contribution in [3.05, 3.63) is 0 Å². The molecule has 7 nitrogen and oxygen atoms in total. The Morgan fingerprint density at radius 2 is 1.89 bits per heavy atom. The number of carbonyl (C=O) groups is 2. The molecular formula is C12H23N3O4. The van der Waals surface area contributed by atoms with Crippen LogP contribution in [0.4, 0.5) is 4.79 Å². The Morgan fingerprint density at radius 3 is 2.37 bits per heavy atom. The van der Waals surface area contributed by atoms with Crippen LogP contribution in [0.15, 0.2) is 0 Å². The van der Waals surface area contributed by atoms with Gasteiger partial charge in [-0.2, -0.15) is 0 Å². The third kappa shape index (κ3) is 4.68. The van der Waals surface area contributed by atoms with E-state index in [2.05, 4.69) is 10.7 Å². The highest BCUT2D eigenvalue weighted by Crippen LogP contribution is 2.19. The summed E-state index contributed by atoms with van der Waals surface area (Å²) in [5.41, 5.74) is 2.70. The molecule has 0 bridgehead atoms. The van der Waals surface area contributed by atoms with Gasteiger partial charge in [0, 0.05) is 25.1 Å². The van der Waals surface area contributed by atoms with E-state index in [1.54, 1.807) is 0 Å². The summed E-state index contributed by atoms with van der Waals surface area (Å²) in [6.45, 7) is 3.77. The van der Waals surface area contributed by atoms with E-state index < -0.39 is 18.0 Å². The normalized spacial score (nSPS) is 25.6. The SMILES string of the molecule is CC1CCCC(C)N1NC(=O)NC(CCO)C(=O)O. The summed E-state index contributed by atoms with van der Waals surface area (Å²) >= 11 is 0. The molecule has 3 atom stereocenters. The number of hydrogen-bond acceptors (Lipinski definition) is 4. The van der Waals surface area contributed by atoms with Crippen LogP contribution < -0.4 is 10.7 Å². The second-order valence-electron chi connectivity index (χ2n) is 5.02. The zero-order valence-corrected chi connectivity index (χ0v) is 11.4. The topological polar surface area (TPSA) is 102 Å². The molecule has 3 unspecified atom stereocenters. The fourth-order valence-corrected chi connectivity index (χ4v) is 2.34. The highest BCUT2D eigenvalue weighted by atomic mass is 16.4. The van der Waals surface area contributed by atoms with E-state index >= 15 is 0 Å². The summed E-state index contributed by atoms with van der Waals surface area (Å²) in [6, 6.07) is -1.15. The number of hydrazine groups is 1. The number of aliphatic hydroxyl groups is 1. The van der Waals surface area contributed by atoms with Gasteiger partial charge >= 0.3 is 12.0 Å². The van der Waals surface area contributed by atoms with Gasteiger partial charge in [-0.25, -0.2) is 14.6 Å². The number of aliphatic carboxylic acids is 1. The number of amides is 2. The summed E-state index contributed by atoms with van der Waals surface area (Å²) in [4.78, 5) is 22.7. The Balaban J connectivity index is 2.51. The number of carboxylic acids is 1. The Hall–Kier alpha value is -1.34. The summed E-state index contributed by atoms with van der Waals surface area (Å²) in [5.74, 6) is -1.15. The minimum Gasteiger partial charge on any atom is -0.480 e. The van der Waals surface area contributed by atoms with Gasteiger partial charge < -0.3 is 15.5 Å². The van der Waals surface area contributed by atoms with Gasteiger partial charge in [0.05, 0.1) is 0 Å². The fourth-order valence-electron chi connectivity index (χ4n) is 2.34. The van der Waals surface area contributed by atoms with E-state index in [9.17, 15) is 9.59 Å². The van der Waals surface area contributed by atoms with E-state index in [4.69, 9.17) is 10.2 Å². The lowest BCUT2D eigenvalue weighted by atomic mass is 10.00. The molecule has 1 aliphatic rings. The monoisotopic (exact) mass is 273 g/mol. The van der Waals surface area contributed by atoms with Crippen molar-refractivity contribution in [1.29, 1.82) is 0 Å². The zero-order chi connectivity index (χ0) is 14.4. The van der Waals surface area contributed by atoms with Crippen molar-refractivity contribution in [1.82, 2.24) is 15.8 Å². The third-order valence-electron chi connectivity index (χ3n) is 3.45. The van der Waals surface area contributed by atoms with Crippen molar-refractivity contribution in [2.75, 3.05) is 6.61 Å². The molecule has 0 aliphatic carbocycles. The second kappa shape index (κ2) is 7.30. The largest absolute Gasteiger partial charge is 0.480 e. The molecule has 7 heteroatoms. The summed E-state index contributed by atoms with van der Waals surface area (Å²) < 4.78 is 0. The molecule has 0 aromatic rings. The van der Waals surface area contributed by atoms with Crippen molar-refractivity contribution in [2.45, 2.75) is 57.7 Å². The van der Waals surface area contributed by atoms with Gasteiger partial charge in [-0.1, -0.05) is 6.42 Å². The maximum atomic E-state index is 11.8. The van der Waals surface area contributed by atoms with E-state index in [0.29, 0.717) is 0 Å². The van der Waals surface area contributed by atoms with Gasteiger partial charge in [0.1, 0.15) is 6.04 Å². The van der Waals surface area contributed by atoms with Gasteiger partial charge in [-0.05, 0) is 26.7 Å². The molecule has 0 radical (unpaired) electrons. The first-order valence-corrected chi connectivity index (χ1v) is 6.64. The molecule has 110 valence electrons. The Kier molecular flexibility index (Phi) is 6.04. The maximum Gasteiger partial charge on any atom is 0.330 e. The molecule has 1 heterocycles. The lowest BCUT2D eigenvalue weighted by Crippen LogP contribution is -2.58. The molecule has 0 spiro atoms. The molecule has 1 fully saturated rings.